The van der Waals surface area contributed by atoms with Crippen molar-refractivity contribution in [3.05, 3.63) is 24.0 Å². The van der Waals surface area contributed by atoms with Gasteiger partial charge in [-0.25, -0.2) is 17.7 Å². The Hall–Kier alpha value is -1.78. The number of hydrogen-bond acceptors (Lipinski definition) is 5. The number of amides is 1. The van der Waals surface area contributed by atoms with Gasteiger partial charge in [0.2, 0.25) is 0 Å². The normalized spacial score (nSPS) is 23.8. The molecular weight excluding hydrogens is 439 g/mol. The van der Waals surface area contributed by atoms with E-state index in [4.69, 9.17) is 17.0 Å². The Morgan fingerprint density at radius 3 is 2.61 bits per heavy atom. The first kappa shape index (κ1) is 22.4. The van der Waals surface area contributed by atoms with Crippen LogP contribution in [-0.2, 0) is 15.7 Å². The molecule has 1 saturated carbocycles. The van der Waals surface area contributed by atoms with Crippen LogP contribution in [0.4, 0.5) is 20.6 Å². The van der Waals surface area contributed by atoms with E-state index in [0.29, 0.717) is 55.6 Å². The number of thiocarbonyl (C=S) groups is 1. The number of cyclic esters (lactones) is 1. The van der Waals surface area contributed by atoms with E-state index < -0.39 is 17.1 Å². The maximum atomic E-state index is 14.9. The maximum absolute atomic E-state index is 14.9. The fourth-order valence-electron chi connectivity index (χ4n) is 4.43. The quantitative estimate of drug-likeness (QED) is 0.648. The molecule has 10 heteroatoms. The molecule has 2 aliphatic heterocycles. The van der Waals surface area contributed by atoms with Gasteiger partial charge in [0.05, 0.1) is 40.4 Å². The van der Waals surface area contributed by atoms with Gasteiger partial charge < -0.3 is 15.0 Å². The number of anilines is 2. The average molecular weight is 469 g/mol. The standard InChI is InChI=1S/C21H29FN4O3S2/c1-15(30)23-13-17-14-26(21(27)29-17)16-6-7-20(19(22)12-16)24-8-10-25(11-9-24)31(28)18-4-2-3-5-18/h6-7,12,17-18H,2-5,8-11,13-14H2,1H3,(H,23,30)/t17?,31-/m0/s1. The topological polar surface area (TPSA) is 65.1 Å². The maximum Gasteiger partial charge on any atom is 0.414 e. The number of halogens is 1. The Labute approximate surface area is 190 Å². The van der Waals surface area contributed by atoms with Gasteiger partial charge in [0.1, 0.15) is 11.9 Å². The van der Waals surface area contributed by atoms with Crippen molar-refractivity contribution in [2.24, 2.45) is 0 Å². The second kappa shape index (κ2) is 9.79. The molecule has 3 aliphatic rings. The number of ether oxygens (including phenoxy) is 1. The van der Waals surface area contributed by atoms with Gasteiger partial charge in [-0.1, -0.05) is 25.1 Å². The minimum Gasteiger partial charge on any atom is -0.442 e. The van der Waals surface area contributed by atoms with Crippen molar-refractivity contribution in [3.63, 3.8) is 0 Å². The highest BCUT2D eigenvalue weighted by Crippen LogP contribution is 2.30. The molecule has 1 N–H and O–H groups in total. The summed E-state index contributed by atoms with van der Waals surface area (Å²) in [5, 5.41) is 3.28. The SMILES string of the molecule is CC(=S)NCC1CN(c2ccc(N3CCN([S@@](=O)C4CCCC4)CC3)c(F)c2)C(=O)O1. The monoisotopic (exact) mass is 468 g/mol. The molecule has 1 unspecified atom stereocenters. The Morgan fingerprint density at radius 1 is 1.26 bits per heavy atom. The third kappa shape index (κ3) is 5.18. The highest BCUT2D eigenvalue weighted by atomic mass is 32.2. The number of benzene rings is 1. The van der Waals surface area contributed by atoms with E-state index in [1.807, 2.05) is 9.21 Å². The van der Waals surface area contributed by atoms with Crippen LogP contribution in [0.15, 0.2) is 18.2 Å². The van der Waals surface area contributed by atoms with Crippen LogP contribution >= 0.6 is 12.2 Å². The fourth-order valence-corrected chi connectivity index (χ4v) is 6.19. The van der Waals surface area contributed by atoms with Crippen LogP contribution in [0.2, 0.25) is 0 Å². The zero-order chi connectivity index (χ0) is 22.0. The number of nitrogens with one attached hydrogen (secondary N) is 1. The number of hydrogen-bond donors (Lipinski definition) is 1. The molecular formula is C21H29FN4O3S2. The van der Waals surface area contributed by atoms with Crippen molar-refractivity contribution in [1.29, 1.82) is 0 Å². The number of rotatable bonds is 6. The summed E-state index contributed by atoms with van der Waals surface area (Å²) < 4.78 is 35.0. The summed E-state index contributed by atoms with van der Waals surface area (Å²) in [5.74, 6) is -0.369. The first-order valence-corrected chi connectivity index (χ1v) is 12.4. The van der Waals surface area contributed by atoms with E-state index >= 15 is 0 Å². The highest BCUT2D eigenvalue weighted by molar-refractivity contribution is 7.83. The van der Waals surface area contributed by atoms with Gasteiger partial charge in [0, 0.05) is 31.4 Å². The summed E-state index contributed by atoms with van der Waals surface area (Å²) in [7, 11) is -0.935. The molecule has 4 rings (SSSR count). The number of nitrogens with zero attached hydrogens (tertiary/aromatic N) is 3. The summed E-state index contributed by atoms with van der Waals surface area (Å²) in [5.41, 5.74) is 0.992. The second-order valence-corrected chi connectivity index (χ2v) is 10.6. The van der Waals surface area contributed by atoms with Gasteiger partial charge >= 0.3 is 6.09 Å². The molecule has 0 bridgehead atoms. The Bertz CT molecular complexity index is 857. The van der Waals surface area contributed by atoms with Crippen LogP contribution in [0.25, 0.3) is 0 Å². The van der Waals surface area contributed by atoms with Crippen molar-refractivity contribution < 1.29 is 18.1 Å². The van der Waals surface area contributed by atoms with Crippen LogP contribution < -0.4 is 15.1 Å². The number of carbonyl (C=O) groups is 1. The molecule has 1 amide bonds. The van der Waals surface area contributed by atoms with Crippen LogP contribution in [0, 0.1) is 5.82 Å². The average Bonchev–Trinajstić information content (AvgIpc) is 3.42. The molecule has 3 fully saturated rings. The minimum atomic E-state index is -0.935. The summed E-state index contributed by atoms with van der Waals surface area (Å²) in [6.07, 6.45) is 3.61. The summed E-state index contributed by atoms with van der Waals surface area (Å²) in [4.78, 5) is 16.3. The Kier molecular flexibility index (Phi) is 7.08. The molecule has 0 spiro atoms. The minimum absolute atomic E-state index is 0.287. The zero-order valence-electron chi connectivity index (χ0n) is 17.7. The number of piperazine rings is 1. The lowest BCUT2D eigenvalue weighted by Gasteiger charge is -2.36. The largest absolute Gasteiger partial charge is 0.442 e. The predicted molar refractivity (Wildman–Crippen MR) is 124 cm³/mol. The molecule has 1 aromatic rings. The molecule has 2 saturated heterocycles. The van der Waals surface area contributed by atoms with E-state index in [-0.39, 0.29) is 17.2 Å². The highest BCUT2D eigenvalue weighted by Gasteiger charge is 2.33. The molecule has 0 aromatic heterocycles. The molecule has 1 aromatic carbocycles. The number of carbonyl (C=O) groups excluding carboxylic acids is 1. The van der Waals surface area contributed by atoms with E-state index in [1.54, 1.807) is 19.1 Å². The van der Waals surface area contributed by atoms with Crippen molar-refractivity contribution in [3.8, 4) is 0 Å². The van der Waals surface area contributed by atoms with E-state index in [9.17, 15) is 13.4 Å². The lowest BCUT2D eigenvalue weighted by Crippen LogP contribution is -2.48. The zero-order valence-corrected chi connectivity index (χ0v) is 19.4. The molecule has 7 nitrogen and oxygen atoms in total. The molecule has 2 heterocycles. The fraction of sp³-hybridized carbons (Fsp3) is 0.619. The predicted octanol–water partition coefficient (Wildman–Crippen LogP) is 2.82. The first-order chi connectivity index (χ1) is 14.9. The van der Waals surface area contributed by atoms with Crippen molar-refractivity contribution in [2.45, 2.75) is 44.0 Å². The molecule has 31 heavy (non-hydrogen) atoms. The summed E-state index contributed by atoms with van der Waals surface area (Å²) in [6, 6.07) is 4.86. The second-order valence-electron chi connectivity index (χ2n) is 8.29. The summed E-state index contributed by atoms with van der Waals surface area (Å²) in [6.45, 7) is 5.14. The molecule has 2 atom stereocenters. The third-order valence-corrected chi connectivity index (χ3v) is 8.18. The van der Waals surface area contributed by atoms with E-state index in [1.165, 1.54) is 23.8 Å². The van der Waals surface area contributed by atoms with E-state index in [0.717, 1.165) is 12.8 Å². The van der Waals surface area contributed by atoms with E-state index in [2.05, 4.69) is 5.32 Å². The van der Waals surface area contributed by atoms with Crippen LogP contribution in [0.5, 0.6) is 0 Å². The first-order valence-electron chi connectivity index (χ1n) is 10.8. The van der Waals surface area contributed by atoms with Crippen molar-refractivity contribution >= 4 is 45.7 Å². The van der Waals surface area contributed by atoms with Gasteiger partial charge in [0.15, 0.2) is 0 Å². The van der Waals surface area contributed by atoms with Crippen molar-refractivity contribution in [1.82, 2.24) is 9.62 Å². The van der Waals surface area contributed by atoms with Gasteiger partial charge in [-0.05, 0) is 38.0 Å². The smallest absolute Gasteiger partial charge is 0.414 e. The van der Waals surface area contributed by atoms with Gasteiger partial charge in [-0.15, -0.1) is 0 Å². The van der Waals surface area contributed by atoms with Crippen molar-refractivity contribution in [2.75, 3.05) is 49.1 Å². The van der Waals surface area contributed by atoms with Gasteiger partial charge in [-0.3, -0.25) is 4.90 Å². The molecule has 170 valence electrons. The van der Waals surface area contributed by atoms with Crippen LogP contribution in [0.3, 0.4) is 0 Å². The summed E-state index contributed by atoms with van der Waals surface area (Å²) >= 11 is 4.99. The third-order valence-electron chi connectivity index (χ3n) is 6.12. The Morgan fingerprint density at radius 2 is 1.97 bits per heavy atom. The lowest BCUT2D eigenvalue weighted by molar-refractivity contribution is 0.143. The molecule has 1 aliphatic carbocycles. The molecule has 0 radical (unpaired) electrons. The van der Waals surface area contributed by atoms with Gasteiger partial charge in [0.25, 0.3) is 0 Å². The lowest BCUT2D eigenvalue weighted by atomic mass is 10.2. The van der Waals surface area contributed by atoms with Crippen LogP contribution in [0.1, 0.15) is 32.6 Å². The Balaban J connectivity index is 1.35. The van der Waals surface area contributed by atoms with Gasteiger partial charge in [-0.2, -0.15) is 0 Å². The van der Waals surface area contributed by atoms with Crippen LogP contribution in [-0.4, -0.2) is 70.2 Å².